The van der Waals surface area contributed by atoms with E-state index in [0.29, 0.717) is 11.3 Å². The van der Waals surface area contributed by atoms with Crippen LogP contribution >= 0.6 is 15.9 Å². The Bertz CT molecular complexity index is 1160. The van der Waals surface area contributed by atoms with E-state index in [1.165, 1.54) is 0 Å². The molecule has 6 nitrogen and oxygen atoms in total. The topological polar surface area (TPSA) is 67.9 Å². The van der Waals surface area contributed by atoms with Crippen LogP contribution in [0, 0.1) is 0 Å². The van der Waals surface area contributed by atoms with E-state index < -0.39 is 11.7 Å². The second kappa shape index (κ2) is 8.67. The highest BCUT2D eigenvalue weighted by atomic mass is 79.9. The molecule has 0 aliphatic carbocycles. The molecule has 0 spiro atoms. The van der Waals surface area contributed by atoms with Gasteiger partial charge in [0.1, 0.15) is 17.1 Å². The van der Waals surface area contributed by atoms with Gasteiger partial charge in [0.2, 0.25) is 0 Å². The molecule has 0 fully saturated rings. The second-order valence-electron chi connectivity index (χ2n) is 8.42. The SMILES string of the molecule is CC(C)(C)OC(=O)N1Cc2c(Nc3ccc(Oc4ccccc4)cc3)cc(Br)cc2C1=O. The number of hydrogen-bond acceptors (Lipinski definition) is 5. The molecule has 0 radical (unpaired) electrons. The van der Waals surface area contributed by atoms with Crippen LogP contribution in [0.4, 0.5) is 16.2 Å². The number of para-hydroxylation sites is 1. The third-order valence-corrected chi connectivity index (χ3v) is 5.19. The van der Waals surface area contributed by atoms with Crippen molar-refractivity contribution in [1.29, 1.82) is 0 Å². The van der Waals surface area contributed by atoms with Gasteiger partial charge in [-0.15, -0.1) is 0 Å². The molecule has 0 bridgehead atoms. The zero-order valence-corrected chi connectivity index (χ0v) is 19.6. The summed E-state index contributed by atoms with van der Waals surface area (Å²) in [6, 6.07) is 20.7. The van der Waals surface area contributed by atoms with E-state index in [1.54, 1.807) is 26.8 Å². The summed E-state index contributed by atoms with van der Waals surface area (Å²) < 4.78 is 12.0. The number of fused-ring (bicyclic) bond motifs is 1. The minimum Gasteiger partial charge on any atom is -0.457 e. The Morgan fingerprint density at radius 3 is 2.31 bits per heavy atom. The van der Waals surface area contributed by atoms with Gasteiger partial charge in [0.05, 0.1) is 6.54 Å². The highest BCUT2D eigenvalue weighted by Gasteiger charge is 2.36. The van der Waals surface area contributed by atoms with Crippen molar-refractivity contribution >= 4 is 39.3 Å². The number of hydrogen-bond donors (Lipinski definition) is 1. The van der Waals surface area contributed by atoms with Crippen molar-refractivity contribution in [2.75, 3.05) is 5.32 Å². The quantitative estimate of drug-likeness (QED) is 0.428. The number of imide groups is 1. The van der Waals surface area contributed by atoms with Crippen molar-refractivity contribution in [2.24, 2.45) is 0 Å². The molecule has 1 N–H and O–H groups in total. The molecule has 1 heterocycles. The molecule has 4 rings (SSSR count). The van der Waals surface area contributed by atoms with E-state index >= 15 is 0 Å². The zero-order chi connectivity index (χ0) is 22.9. The van der Waals surface area contributed by atoms with Gasteiger partial charge in [0.15, 0.2) is 0 Å². The Morgan fingerprint density at radius 1 is 1.00 bits per heavy atom. The predicted octanol–water partition coefficient (Wildman–Crippen LogP) is 6.88. The number of carbonyl (C=O) groups excluding carboxylic acids is 2. The summed E-state index contributed by atoms with van der Waals surface area (Å²) >= 11 is 3.46. The average Bonchev–Trinajstić information content (AvgIpc) is 3.06. The number of anilines is 2. The maximum Gasteiger partial charge on any atom is 0.417 e. The number of nitrogens with one attached hydrogen (secondary N) is 1. The molecular weight excluding hydrogens is 472 g/mol. The van der Waals surface area contributed by atoms with Crippen LogP contribution in [0.15, 0.2) is 71.2 Å². The predicted molar refractivity (Wildman–Crippen MR) is 126 cm³/mol. The van der Waals surface area contributed by atoms with Crippen molar-refractivity contribution in [3.05, 3.63) is 82.3 Å². The molecule has 1 aliphatic heterocycles. The highest BCUT2D eigenvalue weighted by molar-refractivity contribution is 9.10. The van der Waals surface area contributed by atoms with Crippen LogP contribution < -0.4 is 10.1 Å². The molecule has 0 saturated carbocycles. The summed E-state index contributed by atoms with van der Waals surface area (Å²) in [5, 5.41) is 3.35. The first-order valence-electron chi connectivity index (χ1n) is 10.2. The van der Waals surface area contributed by atoms with Gasteiger partial charge in [-0.1, -0.05) is 34.1 Å². The molecule has 3 aromatic carbocycles. The third-order valence-electron chi connectivity index (χ3n) is 4.73. The van der Waals surface area contributed by atoms with Gasteiger partial charge in [-0.3, -0.25) is 4.79 Å². The molecule has 0 aromatic heterocycles. The molecule has 1 aliphatic rings. The largest absolute Gasteiger partial charge is 0.457 e. The van der Waals surface area contributed by atoms with Crippen LogP contribution in [-0.2, 0) is 11.3 Å². The van der Waals surface area contributed by atoms with Crippen molar-refractivity contribution in [3.63, 3.8) is 0 Å². The lowest BCUT2D eigenvalue weighted by molar-refractivity contribution is 0.0248. The Kier molecular flexibility index (Phi) is 5.93. The van der Waals surface area contributed by atoms with E-state index in [1.807, 2.05) is 60.7 Å². The number of halogens is 1. The first-order valence-corrected chi connectivity index (χ1v) is 11.0. The second-order valence-corrected chi connectivity index (χ2v) is 9.33. The van der Waals surface area contributed by atoms with Crippen LogP contribution in [0.25, 0.3) is 0 Å². The van der Waals surface area contributed by atoms with Crippen molar-refractivity contribution in [2.45, 2.75) is 32.9 Å². The molecule has 7 heteroatoms. The van der Waals surface area contributed by atoms with E-state index in [0.717, 1.165) is 32.1 Å². The summed E-state index contributed by atoms with van der Waals surface area (Å²) in [6.07, 6.45) is -0.650. The molecule has 2 amide bonds. The van der Waals surface area contributed by atoms with Gasteiger partial charge in [-0.05, 0) is 69.3 Å². The lowest BCUT2D eigenvalue weighted by Gasteiger charge is -2.23. The molecule has 0 unspecified atom stereocenters. The van der Waals surface area contributed by atoms with E-state index in [4.69, 9.17) is 9.47 Å². The Balaban J connectivity index is 1.53. The van der Waals surface area contributed by atoms with Crippen molar-refractivity contribution in [3.8, 4) is 11.5 Å². The van der Waals surface area contributed by atoms with Crippen LogP contribution in [0.5, 0.6) is 11.5 Å². The van der Waals surface area contributed by atoms with Gasteiger partial charge >= 0.3 is 6.09 Å². The third kappa shape index (κ3) is 4.94. The number of nitrogens with zero attached hydrogens (tertiary/aromatic N) is 1. The Hall–Kier alpha value is -3.32. The van der Waals surface area contributed by atoms with Crippen LogP contribution in [0.1, 0.15) is 36.7 Å². The number of amides is 2. The zero-order valence-electron chi connectivity index (χ0n) is 18.0. The molecule has 0 saturated heterocycles. The Morgan fingerprint density at radius 2 is 1.66 bits per heavy atom. The first-order chi connectivity index (χ1) is 15.2. The Labute approximate surface area is 195 Å². The number of benzene rings is 3. The first kappa shape index (κ1) is 21.9. The van der Waals surface area contributed by atoms with Gasteiger partial charge in [0.25, 0.3) is 5.91 Å². The molecule has 164 valence electrons. The standard InChI is InChI=1S/C25H23BrN2O4/c1-25(2,3)32-24(30)28-15-21-20(23(28)29)13-16(26)14-22(21)27-17-9-11-19(12-10-17)31-18-7-5-4-6-8-18/h4-14,27H,15H2,1-3H3. The lowest BCUT2D eigenvalue weighted by Crippen LogP contribution is -2.36. The van der Waals surface area contributed by atoms with Gasteiger partial charge in [0, 0.05) is 27.0 Å². The minimum atomic E-state index is -0.683. The summed E-state index contributed by atoms with van der Waals surface area (Å²) in [6.45, 7) is 5.46. The van der Waals surface area contributed by atoms with E-state index in [9.17, 15) is 9.59 Å². The van der Waals surface area contributed by atoms with Crippen LogP contribution in [0.2, 0.25) is 0 Å². The van der Waals surface area contributed by atoms with E-state index in [-0.39, 0.29) is 12.5 Å². The minimum absolute atomic E-state index is 0.147. The molecule has 32 heavy (non-hydrogen) atoms. The number of rotatable bonds is 4. The molecular formula is C25H23BrN2O4. The summed E-state index contributed by atoms with van der Waals surface area (Å²) in [4.78, 5) is 26.5. The fourth-order valence-electron chi connectivity index (χ4n) is 3.34. The van der Waals surface area contributed by atoms with Crippen LogP contribution in [-0.4, -0.2) is 22.5 Å². The summed E-state index contributed by atoms with van der Waals surface area (Å²) in [5.74, 6) is 1.11. The summed E-state index contributed by atoms with van der Waals surface area (Å²) in [7, 11) is 0. The van der Waals surface area contributed by atoms with Crippen molar-refractivity contribution in [1.82, 2.24) is 4.90 Å². The number of ether oxygens (including phenoxy) is 2. The number of carbonyl (C=O) groups is 2. The fourth-order valence-corrected chi connectivity index (χ4v) is 3.79. The highest BCUT2D eigenvalue weighted by Crippen LogP contribution is 2.35. The van der Waals surface area contributed by atoms with Gasteiger partial charge in [-0.2, -0.15) is 0 Å². The molecule has 0 atom stereocenters. The molecule has 3 aromatic rings. The van der Waals surface area contributed by atoms with Crippen molar-refractivity contribution < 1.29 is 19.1 Å². The fraction of sp³-hybridized carbons (Fsp3) is 0.200. The normalized spacial score (nSPS) is 13.0. The van der Waals surface area contributed by atoms with Gasteiger partial charge in [-0.25, -0.2) is 9.69 Å². The maximum atomic E-state index is 12.9. The maximum absolute atomic E-state index is 12.9. The average molecular weight is 495 g/mol. The summed E-state index contributed by atoms with van der Waals surface area (Å²) in [5.41, 5.74) is 2.10. The van der Waals surface area contributed by atoms with Crippen LogP contribution in [0.3, 0.4) is 0 Å². The smallest absolute Gasteiger partial charge is 0.417 e. The monoisotopic (exact) mass is 494 g/mol. The van der Waals surface area contributed by atoms with Gasteiger partial charge < -0.3 is 14.8 Å². The van der Waals surface area contributed by atoms with E-state index in [2.05, 4.69) is 21.2 Å². The lowest BCUT2D eigenvalue weighted by atomic mass is 10.1.